The predicted octanol–water partition coefficient (Wildman–Crippen LogP) is 9.26. The molecule has 3 aromatic rings. The standard InChI is InChI=1S/C45H55N5O2/c1-5-6-7-8-9-10-11-12-13-14-15-22-48-43(51)33-16-17-34-31-52-45(40(34)23-33)38-20-18-36(49-27-32(26-46)28-49)24-41(38)44(2,3)42-25-37(19-21-39(42)45)50-29-35(30-50)47-4/h16-21,23-25,32,35H,5-15,22,27-31H2,1-3H3,(H,48,51). The lowest BCUT2D eigenvalue weighted by atomic mass is 9.61. The van der Waals surface area contributed by atoms with Crippen LogP contribution in [0, 0.1) is 23.8 Å². The molecule has 1 atom stereocenters. The lowest BCUT2D eigenvalue weighted by Gasteiger charge is -2.47. The molecule has 7 rings (SSSR count). The molecule has 3 heterocycles. The van der Waals surface area contributed by atoms with Crippen LogP contribution >= 0.6 is 0 Å². The van der Waals surface area contributed by atoms with Crippen LogP contribution < -0.4 is 15.1 Å². The Morgan fingerprint density at radius 1 is 0.808 bits per heavy atom. The van der Waals surface area contributed by atoms with E-state index in [2.05, 4.69) is 95.3 Å². The van der Waals surface area contributed by atoms with Gasteiger partial charge in [-0.05, 0) is 76.2 Å². The number of anilines is 2. The molecule has 7 heteroatoms. The summed E-state index contributed by atoms with van der Waals surface area (Å²) >= 11 is 0. The normalized spacial score (nSPS) is 19.9. The second-order valence-corrected chi connectivity index (χ2v) is 16.1. The summed E-state index contributed by atoms with van der Waals surface area (Å²) < 4.78 is 7.02. The number of carbonyl (C=O) groups excluding carboxylic acids is 1. The first-order chi connectivity index (χ1) is 25.3. The smallest absolute Gasteiger partial charge is 0.257 e. The van der Waals surface area contributed by atoms with Crippen molar-refractivity contribution in [2.45, 2.75) is 115 Å². The van der Waals surface area contributed by atoms with Crippen LogP contribution in [0.1, 0.15) is 135 Å². The largest absolute Gasteiger partial charge is 0.369 e. The Hall–Kier alpha value is -4.33. The molecule has 2 saturated heterocycles. The first-order valence-corrected chi connectivity index (χ1v) is 19.9. The summed E-state index contributed by atoms with van der Waals surface area (Å²) in [5.74, 6) is 0.0372. The highest BCUT2D eigenvalue weighted by molar-refractivity contribution is 5.94. The summed E-state index contributed by atoms with van der Waals surface area (Å²) in [5.41, 5.74) is 8.55. The number of ether oxygens (including phenoxy) is 1. The van der Waals surface area contributed by atoms with Crippen LogP contribution in [0.2, 0.25) is 0 Å². The summed E-state index contributed by atoms with van der Waals surface area (Å²) in [6.07, 6.45) is 14.1. The molecule has 7 nitrogen and oxygen atoms in total. The highest BCUT2D eigenvalue weighted by Crippen LogP contribution is 2.58. The summed E-state index contributed by atoms with van der Waals surface area (Å²) in [6, 6.07) is 22.0. The summed E-state index contributed by atoms with van der Waals surface area (Å²) in [5, 5.41) is 12.7. The Labute approximate surface area is 311 Å². The molecule has 1 spiro atoms. The van der Waals surface area contributed by atoms with Gasteiger partial charge in [-0.25, -0.2) is 6.57 Å². The van der Waals surface area contributed by atoms with E-state index in [1.54, 1.807) is 0 Å². The zero-order chi connectivity index (χ0) is 36.3. The molecule has 1 amide bonds. The molecule has 0 bridgehead atoms. The lowest BCUT2D eigenvalue weighted by Crippen LogP contribution is -2.49. The van der Waals surface area contributed by atoms with Gasteiger partial charge in [-0.3, -0.25) is 4.79 Å². The number of nitriles is 1. The summed E-state index contributed by atoms with van der Waals surface area (Å²) in [4.78, 5) is 21.9. The van der Waals surface area contributed by atoms with Crippen molar-refractivity contribution >= 4 is 17.3 Å². The van der Waals surface area contributed by atoms with Gasteiger partial charge in [0.2, 0.25) is 0 Å². The minimum Gasteiger partial charge on any atom is -0.369 e. The third kappa shape index (κ3) is 6.69. The Kier molecular flexibility index (Phi) is 10.6. The second kappa shape index (κ2) is 15.3. The second-order valence-electron chi connectivity index (χ2n) is 16.1. The number of carbonyl (C=O) groups is 1. The minimum absolute atomic E-state index is 0.0313. The fraction of sp³-hybridized carbons (Fsp3) is 0.533. The number of hydrogen-bond donors (Lipinski definition) is 1. The van der Waals surface area contributed by atoms with Gasteiger partial charge in [0.1, 0.15) is 5.60 Å². The third-order valence-electron chi connectivity index (χ3n) is 12.2. The Morgan fingerprint density at radius 2 is 1.38 bits per heavy atom. The average Bonchev–Trinajstić information content (AvgIpc) is 3.49. The summed E-state index contributed by atoms with van der Waals surface area (Å²) in [6.45, 7) is 18.5. The number of fused-ring (bicyclic) bond motifs is 6. The predicted molar refractivity (Wildman–Crippen MR) is 209 cm³/mol. The van der Waals surface area contributed by atoms with Crippen molar-refractivity contribution in [1.82, 2.24) is 5.32 Å². The van der Waals surface area contributed by atoms with Crippen molar-refractivity contribution in [3.8, 4) is 6.07 Å². The zero-order valence-electron chi connectivity index (χ0n) is 31.5. The van der Waals surface area contributed by atoms with Gasteiger partial charge in [0.25, 0.3) is 11.9 Å². The van der Waals surface area contributed by atoms with Crippen molar-refractivity contribution in [2.75, 3.05) is 42.5 Å². The number of nitrogens with zero attached hydrogens (tertiary/aromatic N) is 4. The van der Waals surface area contributed by atoms with E-state index in [0.717, 1.165) is 72.6 Å². The van der Waals surface area contributed by atoms with Crippen molar-refractivity contribution < 1.29 is 9.53 Å². The van der Waals surface area contributed by atoms with E-state index in [0.29, 0.717) is 18.7 Å². The van der Waals surface area contributed by atoms with Crippen LogP contribution in [-0.2, 0) is 22.4 Å². The van der Waals surface area contributed by atoms with Gasteiger partial charge in [-0.15, -0.1) is 0 Å². The maximum Gasteiger partial charge on any atom is 0.257 e. The van der Waals surface area contributed by atoms with Gasteiger partial charge in [-0.2, -0.15) is 5.26 Å². The number of nitrogens with one attached hydrogen (secondary N) is 1. The van der Waals surface area contributed by atoms with Crippen molar-refractivity contribution in [2.24, 2.45) is 5.92 Å². The maximum absolute atomic E-state index is 13.6. The Morgan fingerprint density at radius 3 is 1.96 bits per heavy atom. The SMILES string of the molecule is [C-]#[N+]C1CN(c2ccc3c(c2)C(C)(C)c2cc(N4CC(C#N)C4)ccc2C32OCc3ccc(C(=O)NCCCCCCCCCCCCC)cc32)C1. The molecular weight excluding hydrogens is 643 g/mol. The van der Waals surface area contributed by atoms with Crippen LogP contribution in [-0.4, -0.2) is 44.7 Å². The zero-order valence-corrected chi connectivity index (χ0v) is 31.5. The molecule has 1 unspecified atom stereocenters. The van der Waals surface area contributed by atoms with Crippen LogP contribution in [0.3, 0.4) is 0 Å². The molecular formula is C45H55N5O2. The number of benzene rings is 3. The van der Waals surface area contributed by atoms with E-state index in [1.807, 2.05) is 6.07 Å². The Balaban J connectivity index is 1.12. The number of hydrogen-bond acceptors (Lipinski definition) is 5. The molecule has 0 aromatic heterocycles. The molecule has 0 saturated carbocycles. The first-order valence-electron chi connectivity index (χ1n) is 19.9. The van der Waals surface area contributed by atoms with Gasteiger partial charge in [0.05, 0.1) is 31.7 Å². The molecule has 272 valence electrons. The van der Waals surface area contributed by atoms with Gasteiger partial charge < -0.3 is 24.7 Å². The van der Waals surface area contributed by atoms with Crippen molar-refractivity contribution in [3.05, 3.63) is 105 Å². The highest BCUT2D eigenvalue weighted by Gasteiger charge is 2.53. The van der Waals surface area contributed by atoms with Crippen LogP contribution in [0.15, 0.2) is 54.6 Å². The van der Waals surface area contributed by atoms with Gasteiger partial charge in [0.15, 0.2) is 0 Å². The molecule has 52 heavy (non-hydrogen) atoms. The lowest BCUT2D eigenvalue weighted by molar-refractivity contribution is 0.0219. The average molecular weight is 698 g/mol. The maximum atomic E-state index is 13.6. The van der Waals surface area contributed by atoms with Crippen LogP contribution in [0.5, 0.6) is 0 Å². The van der Waals surface area contributed by atoms with E-state index in [9.17, 15) is 10.1 Å². The number of amides is 1. The van der Waals surface area contributed by atoms with E-state index in [1.165, 1.54) is 68.9 Å². The fourth-order valence-corrected chi connectivity index (χ4v) is 8.89. The summed E-state index contributed by atoms with van der Waals surface area (Å²) in [7, 11) is 0. The molecule has 1 aliphatic carbocycles. The van der Waals surface area contributed by atoms with E-state index in [-0.39, 0.29) is 23.3 Å². The van der Waals surface area contributed by atoms with Crippen LogP contribution in [0.4, 0.5) is 11.4 Å². The molecule has 3 aromatic carbocycles. The van der Waals surface area contributed by atoms with Gasteiger partial charge in [0, 0.05) is 42.0 Å². The van der Waals surface area contributed by atoms with Crippen molar-refractivity contribution in [3.63, 3.8) is 0 Å². The first kappa shape index (κ1) is 36.0. The fourth-order valence-electron chi connectivity index (χ4n) is 8.89. The van der Waals surface area contributed by atoms with Crippen molar-refractivity contribution in [1.29, 1.82) is 5.26 Å². The molecule has 1 N–H and O–H groups in total. The molecule has 2 fully saturated rings. The third-order valence-corrected chi connectivity index (χ3v) is 12.2. The Bertz CT molecular complexity index is 1770. The van der Waals surface area contributed by atoms with Crippen LogP contribution in [0.25, 0.3) is 4.85 Å². The minimum atomic E-state index is -0.850. The molecule has 0 radical (unpaired) electrons. The van der Waals surface area contributed by atoms with E-state index >= 15 is 0 Å². The number of unbranched alkanes of at least 4 members (excludes halogenated alkanes) is 10. The molecule has 3 aliphatic heterocycles. The van der Waals surface area contributed by atoms with E-state index in [4.69, 9.17) is 11.3 Å². The molecule has 4 aliphatic rings. The number of rotatable bonds is 15. The quantitative estimate of drug-likeness (QED) is 0.127. The monoisotopic (exact) mass is 697 g/mol. The highest BCUT2D eigenvalue weighted by atomic mass is 16.5. The van der Waals surface area contributed by atoms with Gasteiger partial charge >= 0.3 is 0 Å². The van der Waals surface area contributed by atoms with Gasteiger partial charge in [-0.1, -0.05) is 103 Å². The van der Waals surface area contributed by atoms with E-state index < -0.39 is 5.60 Å². The topological polar surface area (TPSA) is 73.0 Å².